The van der Waals surface area contributed by atoms with Gasteiger partial charge in [0.25, 0.3) is 0 Å². The fourth-order valence-electron chi connectivity index (χ4n) is 1.29. The van der Waals surface area contributed by atoms with E-state index in [1.165, 1.54) is 0 Å². The summed E-state index contributed by atoms with van der Waals surface area (Å²) < 4.78 is 5.76. The van der Waals surface area contributed by atoms with Gasteiger partial charge in [0.1, 0.15) is 0 Å². The Morgan fingerprint density at radius 2 is 2.00 bits per heavy atom. The zero-order chi connectivity index (χ0) is 13.4. The molecule has 0 amide bonds. The average molecular weight is 265 g/mol. The number of azide groups is 1. The molecular weight excluding hydrogens is 246 g/mol. The van der Waals surface area contributed by atoms with Gasteiger partial charge in [-0.2, -0.15) is 0 Å². The lowest BCUT2D eigenvalue weighted by Gasteiger charge is -2.23. The van der Waals surface area contributed by atoms with Crippen LogP contribution in [0.15, 0.2) is 40.3 Å². The third-order valence-electron chi connectivity index (χ3n) is 2.10. The summed E-state index contributed by atoms with van der Waals surface area (Å²) >= 11 is 1.68. The van der Waals surface area contributed by atoms with Crippen molar-refractivity contribution in [2.75, 3.05) is 13.2 Å². The first kappa shape index (κ1) is 14.9. The quantitative estimate of drug-likeness (QED) is 0.334. The minimum atomic E-state index is -0.175. The van der Waals surface area contributed by atoms with Crippen molar-refractivity contribution in [3.8, 4) is 0 Å². The van der Waals surface area contributed by atoms with E-state index in [-0.39, 0.29) is 10.9 Å². The van der Waals surface area contributed by atoms with Crippen LogP contribution in [0.3, 0.4) is 0 Å². The van der Waals surface area contributed by atoms with E-state index in [1.807, 2.05) is 51.1 Å². The van der Waals surface area contributed by atoms with Gasteiger partial charge in [-0.05, 0) is 38.4 Å². The minimum Gasteiger partial charge on any atom is -0.375 e. The van der Waals surface area contributed by atoms with Gasteiger partial charge in [0, 0.05) is 21.6 Å². The first-order chi connectivity index (χ1) is 8.51. The molecule has 0 heterocycles. The molecule has 5 heteroatoms. The van der Waals surface area contributed by atoms with Gasteiger partial charge < -0.3 is 4.74 Å². The Hall–Kier alpha value is -1.16. The van der Waals surface area contributed by atoms with Gasteiger partial charge in [-0.3, -0.25) is 0 Å². The molecule has 98 valence electrons. The highest BCUT2D eigenvalue weighted by molar-refractivity contribution is 8.00. The van der Waals surface area contributed by atoms with E-state index in [2.05, 4.69) is 10.0 Å². The van der Waals surface area contributed by atoms with Gasteiger partial charge in [-0.25, -0.2) is 0 Å². The molecule has 0 bridgehead atoms. The van der Waals surface area contributed by atoms with E-state index in [0.29, 0.717) is 13.2 Å². The topological polar surface area (TPSA) is 58.0 Å². The Kier molecular flexibility index (Phi) is 6.05. The smallest absolute Gasteiger partial charge is 0.0599 e. The van der Waals surface area contributed by atoms with Crippen molar-refractivity contribution < 1.29 is 4.74 Å². The lowest BCUT2D eigenvalue weighted by Crippen LogP contribution is -2.26. The zero-order valence-corrected chi connectivity index (χ0v) is 11.9. The minimum absolute atomic E-state index is 0.141. The van der Waals surface area contributed by atoms with Crippen LogP contribution in [0.2, 0.25) is 0 Å². The Labute approximate surface area is 112 Å². The van der Waals surface area contributed by atoms with Crippen LogP contribution in [0.4, 0.5) is 0 Å². The van der Waals surface area contributed by atoms with Gasteiger partial charge in [0.05, 0.1) is 12.2 Å². The Bertz CT molecular complexity index is 396. The van der Waals surface area contributed by atoms with Crippen molar-refractivity contribution in [2.24, 2.45) is 5.11 Å². The van der Waals surface area contributed by atoms with Crippen LogP contribution in [0.25, 0.3) is 10.4 Å². The fraction of sp³-hybridized carbons (Fsp3) is 0.538. The fourth-order valence-corrected chi connectivity index (χ4v) is 2.26. The number of benzene rings is 1. The molecule has 1 aromatic carbocycles. The molecule has 0 saturated heterocycles. The number of nitrogens with zero attached hydrogens (tertiary/aromatic N) is 3. The van der Waals surface area contributed by atoms with E-state index in [1.54, 1.807) is 11.8 Å². The van der Waals surface area contributed by atoms with E-state index in [9.17, 15) is 0 Å². The predicted octanol–water partition coefficient (Wildman–Crippen LogP) is 4.27. The highest BCUT2D eigenvalue weighted by Crippen LogP contribution is 2.24. The molecule has 18 heavy (non-hydrogen) atoms. The van der Waals surface area contributed by atoms with Crippen LogP contribution in [0.1, 0.15) is 20.8 Å². The summed E-state index contributed by atoms with van der Waals surface area (Å²) in [7, 11) is 0. The first-order valence-corrected chi connectivity index (χ1v) is 6.76. The molecule has 0 aliphatic rings. The second-order valence-electron chi connectivity index (χ2n) is 4.89. The highest BCUT2D eigenvalue weighted by atomic mass is 32.2. The third-order valence-corrected chi connectivity index (χ3v) is 3.26. The van der Waals surface area contributed by atoms with Crippen LogP contribution in [0.5, 0.6) is 0 Å². The zero-order valence-electron chi connectivity index (χ0n) is 11.0. The summed E-state index contributed by atoms with van der Waals surface area (Å²) in [6.07, 6.45) is 0. The van der Waals surface area contributed by atoms with Crippen LogP contribution >= 0.6 is 11.8 Å². The number of rotatable bonds is 6. The van der Waals surface area contributed by atoms with Gasteiger partial charge in [-0.1, -0.05) is 23.3 Å². The molecule has 1 atom stereocenters. The molecule has 0 fully saturated rings. The van der Waals surface area contributed by atoms with Crippen molar-refractivity contribution in [1.29, 1.82) is 0 Å². The first-order valence-electron chi connectivity index (χ1n) is 5.88. The summed E-state index contributed by atoms with van der Waals surface area (Å²) in [6, 6.07) is 10.1. The summed E-state index contributed by atoms with van der Waals surface area (Å²) in [5.74, 6) is 0. The molecule has 0 aliphatic heterocycles. The third kappa shape index (κ3) is 6.55. The molecule has 0 radical (unpaired) electrons. The largest absolute Gasteiger partial charge is 0.375 e. The second-order valence-corrected chi connectivity index (χ2v) is 6.26. The second kappa shape index (κ2) is 7.31. The molecule has 4 nitrogen and oxygen atoms in total. The lowest BCUT2D eigenvalue weighted by atomic mass is 10.2. The van der Waals surface area contributed by atoms with Crippen molar-refractivity contribution in [2.45, 2.75) is 36.5 Å². The van der Waals surface area contributed by atoms with Crippen LogP contribution < -0.4 is 0 Å². The molecule has 1 rings (SSSR count). The standard InChI is InChI=1S/C13H19N3OS/c1-13(2,3)17-10-12(9-15-16-14)18-11-7-5-4-6-8-11/h4-8,12H,9-10H2,1-3H3. The maximum atomic E-state index is 8.42. The molecule has 0 N–H and O–H groups in total. The van der Waals surface area contributed by atoms with Crippen LogP contribution in [0, 0.1) is 0 Å². The van der Waals surface area contributed by atoms with Gasteiger partial charge in [0.2, 0.25) is 0 Å². The Morgan fingerprint density at radius 3 is 2.56 bits per heavy atom. The van der Waals surface area contributed by atoms with Crippen molar-refractivity contribution in [1.82, 2.24) is 0 Å². The molecule has 1 unspecified atom stereocenters. The summed E-state index contributed by atoms with van der Waals surface area (Å²) in [5.41, 5.74) is 8.24. The van der Waals surface area contributed by atoms with Crippen molar-refractivity contribution in [3.05, 3.63) is 40.8 Å². The number of ether oxygens (including phenoxy) is 1. The van der Waals surface area contributed by atoms with Gasteiger partial charge in [-0.15, -0.1) is 11.8 Å². The predicted molar refractivity (Wildman–Crippen MR) is 75.8 cm³/mol. The van der Waals surface area contributed by atoms with E-state index in [4.69, 9.17) is 10.3 Å². The molecule has 0 aliphatic carbocycles. The highest BCUT2D eigenvalue weighted by Gasteiger charge is 2.16. The lowest BCUT2D eigenvalue weighted by molar-refractivity contribution is -0.00110. The summed E-state index contributed by atoms with van der Waals surface area (Å²) in [4.78, 5) is 3.98. The van der Waals surface area contributed by atoms with E-state index in [0.717, 1.165) is 4.90 Å². The molecule has 0 saturated carbocycles. The molecular formula is C13H19N3OS. The molecule has 0 spiro atoms. The van der Waals surface area contributed by atoms with Crippen molar-refractivity contribution in [3.63, 3.8) is 0 Å². The summed E-state index contributed by atoms with van der Waals surface area (Å²) in [5, 5.41) is 3.79. The van der Waals surface area contributed by atoms with E-state index >= 15 is 0 Å². The van der Waals surface area contributed by atoms with E-state index < -0.39 is 0 Å². The van der Waals surface area contributed by atoms with Crippen LogP contribution in [-0.2, 0) is 4.74 Å². The van der Waals surface area contributed by atoms with Crippen LogP contribution in [-0.4, -0.2) is 24.0 Å². The normalized spacial score (nSPS) is 12.8. The SMILES string of the molecule is CC(C)(C)OCC(CN=[N+]=[N-])Sc1ccccc1. The number of hydrogen-bond acceptors (Lipinski definition) is 3. The number of hydrogen-bond donors (Lipinski definition) is 0. The maximum Gasteiger partial charge on any atom is 0.0599 e. The maximum absolute atomic E-state index is 8.42. The Morgan fingerprint density at radius 1 is 1.33 bits per heavy atom. The Balaban J connectivity index is 2.58. The van der Waals surface area contributed by atoms with Gasteiger partial charge >= 0.3 is 0 Å². The van der Waals surface area contributed by atoms with Gasteiger partial charge in [0.15, 0.2) is 0 Å². The van der Waals surface area contributed by atoms with Crippen molar-refractivity contribution >= 4 is 11.8 Å². The molecule has 1 aromatic rings. The number of thioether (sulfide) groups is 1. The molecule has 0 aromatic heterocycles. The summed E-state index contributed by atoms with van der Waals surface area (Å²) in [6.45, 7) is 7.06. The average Bonchev–Trinajstić information content (AvgIpc) is 2.33. The monoisotopic (exact) mass is 265 g/mol.